The maximum Gasteiger partial charge on any atom is 0.257 e. The second kappa shape index (κ2) is 8.02. The molecule has 3 heteroatoms. The van der Waals surface area contributed by atoms with Crippen LogP contribution in [-0.4, -0.2) is 4.98 Å². The Bertz CT molecular complexity index is 1450. The van der Waals surface area contributed by atoms with Crippen molar-refractivity contribution in [2.45, 2.75) is 12.8 Å². The van der Waals surface area contributed by atoms with Crippen LogP contribution in [0.25, 0.3) is 33.7 Å². The van der Waals surface area contributed by atoms with Crippen LogP contribution in [-0.2, 0) is 0 Å². The van der Waals surface area contributed by atoms with E-state index in [-0.39, 0.29) is 5.56 Å². The molecule has 1 aliphatic carbocycles. The molecule has 0 saturated heterocycles. The standard InChI is InChI=1S/C27H19NOS/c29-27-26(24-14-7-17-30-24)25(22-12-4-5-13-23(22)28-27)21-11-6-10-20(18-21)16-15-19-8-2-1-3-9-19/h1-3,6-14,17-18H,4-5H2,(H,28,29). The number of hydrogen-bond donors (Lipinski definition) is 1. The second-order valence-corrected chi connectivity index (χ2v) is 8.14. The van der Waals surface area contributed by atoms with Gasteiger partial charge in [0.2, 0.25) is 0 Å². The summed E-state index contributed by atoms with van der Waals surface area (Å²) in [7, 11) is 0. The van der Waals surface area contributed by atoms with E-state index in [1.54, 1.807) is 11.3 Å². The number of hydrogen-bond acceptors (Lipinski definition) is 2. The van der Waals surface area contributed by atoms with Crippen LogP contribution in [0.4, 0.5) is 0 Å². The lowest BCUT2D eigenvalue weighted by Gasteiger charge is -2.12. The van der Waals surface area contributed by atoms with Crippen LogP contribution in [0.5, 0.6) is 0 Å². The van der Waals surface area contributed by atoms with E-state index in [0.717, 1.165) is 56.1 Å². The van der Waals surface area contributed by atoms with Crippen molar-refractivity contribution in [2.24, 2.45) is 0 Å². The highest BCUT2D eigenvalue weighted by molar-refractivity contribution is 7.13. The van der Waals surface area contributed by atoms with Crippen molar-refractivity contribution < 1.29 is 0 Å². The summed E-state index contributed by atoms with van der Waals surface area (Å²) in [5.41, 5.74) is 4.63. The minimum atomic E-state index is -0.0430. The predicted molar refractivity (Wildman–Crippen MR) is 126 cm³/mol. The molecule has 144 valence electrons. The molecule has 2 aromatic carbocycles. The summed E-state index contributed by atoms with van der Waals surface area (Å²) in [6.45, 7) is 0. The highest BCUT2D eigenvalue weighted by Gasteiger charge is 2.16. The number of H-pyrrole nitrogens is 1. The summed E-state index contributed by atoms with van der Waals surface area (Å²) in [5.74, 6) is 6.49. The first-order valence-corrected chi connectivity index (χ1v) is 10.9. The van der Waals surface area contributed by atoms with E-state index in [9.17, 15) is 4.79 Å². The third-order valence-corrected chi connectivity index (χ3v) is 6.08. The van der Waals surface area contributed by atoms with Gasteiger partial charge in [0.25, 0.3) is 5.56 Å². The zero-order chi connectivity index (χ0) is 20.3. The Morgan fingerprint density at radius 2 is 1.60 bits per heavy atom. The van der Waals surface area contributed by atoms with E-state index >= 15 is 0 Å². The second-order valence-electron chi connectivity index (χ2n) is 7.19. The summed E-state index contributed by atoms with van der Waals surface area (Å²) in [6.07, 6.45) is 6.28. The molecular weight excluding hydrogens is 386 g/mol. The Kier molecular flexibility index (Phi) is 4.93. The number of nitrogens with one attached hydrogen (secondary N) is 1. The highest BCUT2D eigenvalue weighted by Crippen LogP contribution is 2.30. The van der Waals surface area contributed by atoms with Crippen LogP contribution >= 0.6 is 11.3 Å². The zero-order valence-electron chi connectivity index (χ0n) is 16.3. The van der Waals surface area contributed by atoms with Crippen molar-refractivity contribution in [3.63, 3.8) is 0 Å². The SMILES string of the molecule is O=c1[nH]c2c(c(-c3cccc(C#Cc4ccccc4)c3)c1-c1cccs1)=CCCC=2. The summed E-state index contributed by atoms with van der Waals surface area (Å²) >= 11 is 1.59. The Morgan fingerprint density at radius 1 is 0.800 bits per heavy atom. The molecule has 1 N–H and O–H groups in total. The van der Waals surface area contributed by atoms with Gasteiger partial charge in [-0.25, -0.2) is 0 Å². The van der Waals surface area contributed by atoms with E-state index in [2.05, 4.69) is 41.1 Å². The van der Waals surface area contributed by atoms with Gasteiger partial charge in [0.1, 0.15) is 0 Å². The fourth-order valence-corrected chi connectivity index (χ4v) is 4.61. The van der Waals surface area contributed by atoms with E-state index < -0.39 is 0 Å². The van der Waals surface area contributed by atoms with Crippen molar-refractivity contribution >= 4 is 23.5 Å². The predicted octanol–water partition coefficient (Wildman–Crippen LogP) is 4.53. The van der Waals surface area contributed by atoms with Gasteiger partial charge in [-0.2, -0.15) is 0 Å². The minimum Gasteiger partial charge on any atom is -0.322 e. The van der Waals surface area contributed by atoms with Crippen molar-refractivity contribution in [2.75, 3.05) is 0 Å². The quantitative estimate of drug-likeness (QED) is 0.489. The third-order valence-electron chi connectivity index (χ3n) is 5.19. The molecule has 0 spiro atoms. The Hall–Kier alpha value is -3.61. The molecule has 4 aromatic rings. The number of aromatic nitrogens is 1. The number of pyridine rings is 1. The Labute approximate surface area is 178 Å². The summed E-state index contributed by atoms with van der Waals surface area (Å²) in [6, 6.07) is 22.2. The molecule has 0 aliphatic heterocycles. The van der Waals surface area contributed by atoms with Gasteiger partial charge in [0.15, 0.2) is 0 Å². The van der Waals surface area contributed by atoms with Gasteiger partial charge in [0, 0.05) is 32.1 Å². The van der Waals surface area contributed by atoms with Crippen LogP contribution in [0.3, 0.4) is 0 Å². The van der Waals surface area contributed by atoms with Gasteiger partial charge in [-0.15, -0.1) is 11.3 Å². The molecule has 0 atom stereocenters. The first kappa shape index (κ1) is 18.4. The fraction of sp³-hybridized carbons (Fsp3) is 0.0741. The molecule has 0 fully saturated rings. The number of thiophene rings is 1. The topological polar surface area (TPSA) is 32.9 Å². The largest absolute Gasteiger partial charge is 0.322 e. The average Bonchev–Trinajstić information content (AvgIpc) is 3.32. The minimum absolute atomic E-state index is 0.0430. The molecule has 1 aliphatic rings. The van der Waals surface area contributed by atoms with Crippen LogP contribution in [0.15, 0.2) is 76.9 Å². The number of aromatic amines is 1. The molecular formula is C27H19NOS. The van der Waals surface area contributed by atoms with Crippen LogP contribution in [0.2, 0.25) is 0 Å². The van der Waals surface area contributed by atoms with Gasteiger partial charge < -0.3 is 4.98 Å². The molecule has 0 bridgehead atoms. The van der Waals surface area contributed by atoms with Crippen LogP contribution in [0.1, 0.15) is 24.0 Å². The first-order valence-electron chi connectivity index (χ1n) is 9.98. The lowest BCUT2D eigenvalue weighted by molar-refractivity contribution is 1.06. The molecule has 2 aromatic heterocycles. The smallest absolute Gasteiger partial charge is 0.257 e. The van der Waals surface area contributed by atoms with E-state index in [1.165, 1.54) is 0 Å². The van der Waals surface area contributed by atoms with E-state index in [0.29, 0.717) is 0 Å². The number of rotatable bonds is 2. The van der Waals surface area contributed by atoms with Crippen molar-refractivity contribution in [1.29, 1.82) is 0 Å². The summed E-state index contributed by atoms with van der Waals surface area (Å²) < 4.78 is 0. The maximum absolute atomic E-state index is 13.1. The average molecular weight is 406 g/mol. The van der Waals surface area contributed by atoms with Crippen LogP contribution in [0, 0.1) is 11.8 Å². The molecule has 2 heterocycles. The maximum atomic E-state index is 13.1. The number of benzene rings is 2. The van der Waals surface area contributed by atoms with Gasteiger partial charge in [-0.1, -0.05) is 60.4 Å². The van der Waals surface area contributed by atoms with Crippen molar-refractivity contribution in [1.82, 2.24) is 4.98 Å². The zero-order valence-corrected chi connectivity index (χ0v) is 17.1. The third kappa shape index (κ3) is 3.54. The van der Waals surface area contributed by atoms with Gasteiger partial charge in [-0.05, 0) is 54.1 Å². The molecule has 0 amide bonds. The molecule has 0 saturated carbocycles. The molecule has 0 radical (unpaired) electrons. The Balaban J connectivity index is 1.73. The normalized spacial score (nSPS) is 12.1. The van der Waals surface area contributed by atoms with Crippen molar-refractivity contribution in [3.05, 3.63) is 104 Å². The molecule has 0 unspecified atom stereocenters. The van der Waals surface area contributed by atoms with E-state index in [1.807, 2.05) is 60.0 Å². The molecule has 30 heavy (non-hydrogen) atoms. The summed E-state index contributed by atoms with van der Waals surface area (Å²) in [4.78, 5) is 17.1. The molecule has 2 nitrogen and oxygen atoms in total. The lowest BCUT2D eigenvalue weighted by Crippen LogP contribution is -2.38. The fourth-order valence-electron chi connectivity index (χ4n) is 3.84. The molecule has 5 rings (SSSR count). The highest BCUT2D eigenvalue weighted by atomic mass is 32.1. The van der Waals surface area contributed by atoms with Crippen molar-refractivity contribution in [3.8, 4) is 33.4 Å². The monoisotopic (exact) mass is 405 g/mol. The number of fused-ring (bicyclic) bond motifs is 1. The van der Waals surface area contributed by atoms with Gasteiger partial charge in [0.05, 0.1) is 5.56 Å². The Morgan fingerprint density at radius 3 is 2.43 bits per heavy atom. The van der Waals surface area contributed by atoms with Crippen LogP contribution < -0.4 is 16.1 Å². The summed E-state index contributed by atoms with van der Waals surface area (Å²) in [5, 5.41) is 4.04. The first-order chi connectivity index (χ1) is 14.8. The van der Waals surface area contributed by atoms with E-state index in [4.69, 9.17) is 0 Å². The lowest BCUT2D eigenvalue weighted by atomic mass is 9.94. The van der Waals surface area contributed by atoms with Gasteiger partial charge in [-0.3, -0.25) is 4.79 Å². The van der Waals surface area contributed by atoms with Gasteiger partial charge >= 0.3 is 0 Å².